The van der Waals surface area contributed by atoms with Gasteiger partial charge in [0.05, 0.1) is 0 Å². The van der Waals surface area contributed by atoms with E-state index in [1.807, 2.05) is 27.7 Å². The second-order valence-corrected chi connectivity index (χ2v) is 11.6. The molecule has 0 aromatic heterocycles. The maximum atomic E-state index is 7.81. The third-order valence-corrected chi connectivity index (χ3v) is 8.16. The van der Waals surface area contributed by atoms with Crippen LogP contribution in [0.2, 0.25) is 0 Å². The number of rotatable bonds is 14. The van der Waals surface area contributed by atoms with Gasteiger partial charge in [-0.1, -0.05) is 118 Å². The van der Waals surface area contributed by atoms with E-state index in [0.717, 1.165) is 70.7 Å². The Labute approximate surface area is 313 Å². The minimum absolute atomic E-state index is 0. The Hall–Kier alpha value is 1.57. The first-order valence-electron chi connectivity index (χ1n) is 18.4. The molecule has 0 radical (unpaired) electrons. The van der Waals surface area contributed by atoms with E-state index in [2.05, 4.69) is 18.7 Å². The van der Waals surface area contributed by atoms with Gasteiger partial charge in [0.15, 0.2) is 0 Å². The molecule has 4 nitrogen and oxygen atoms in total. The maximum absolute atomic E-state index is 7.81. The van der Waals surface area contributed by atoms with Crippen LogP contribution in [0.1, 0.15) is 163 Å². The quantitative estimate of drug-likeness (QED) is 0.107. The second kappa shape index (κ2) is 49.0. The number of hydrogen-bond acceptors (Lipinski definition) is 4. The Morgan fingerprint density at radius 2 is 0.841 bits per heavy atom. The van der Waals surface area contributed by atoms with Crippen molar-refractivity contribution < 1.29 is 69.8 Å². The number of nitrogens with zero attached hydrogens (tertiary/aromatic N) is 1. The summed E-state index contributed by atoms with van der Waals surface area (Å²) >= 11 is 0. The Morgan fingerprint density at radius 1 is 0.568 bits per heavy atom. The first kappa shape index (κ1) is 55.0. The third kappa shape index (κ3) is 39.7. The minimum Gasteiger partial charge on any atom is -0.399 e. The molecule has 0 aromatic carbocycles. The van der Waals surface area contributed by atoms with E-state index in [0.29, 0.717) is 6.42 Å². The fourth-order valence-corrected chi connectivity index (χ4v) is 5.74. The SMILES string of the molecule is C1CCCC1.C1CCCC1.CC.CC.[CH2-]CCO.[CH2-]CN(CCCOCC1CCCC1)CCCOCC1CCCC1.[Fe].[Fe].[W+2]. The van der Waals surface area contributed by atoms with Crippen molar-refractivity contribution in [1.82, 2.24) is 4.90 Å². The molecule has 0 bridgehead atoms. The molecule has 0 aliphatic heterocycles. The van der Waals surface area contributed by atoms with E-state index in [-0.39, 0.29) is 61.8 Å². The van der Waals surface area contributed by atoms with Gasteiger partial charge in [0.2, 0.25) is 0 Å². The molecule has 4 aliphatic rings. The van der Waals surface area contributed by atoms with Crippen LogP contribution in [-0.4, -0.2) is 62.7 Å². The summed E-state index contributed by atoms with van der Waals surface area (Å²) in [6.07, 6.45) is 29.0. The van der Waals surface area contributed by atoms with Gasteiger partial charge < -0.3 is 33.3 Å². The largest absolute Gasteiger partial charge is 2.00 e. The molecule has 4 fully saturated rings. The molecular formula is C37H77Fe2NO3W. The molecule has 270 valence electrons. The van der Waals surface area contributed by atoms with Gasteiger partial charge in [0, 0.05) is 67.2 Å². The molecule has 4 aliphatic carbocycles. The van der Waals surface area contributed by atoms with E-state index in [1.54, 1.807) is 0 Å². The van der Waals surface area contributed by atoms with Gasteiger partial charge in [-0.15, -0.1) is 6.54 Å². The average molecular weight is 880 g/mol. The van der Waals surface area contributed by atoms with Crippen molar-refractivity contribution >= 4 is 0 Å². The zero-order chi connectivity index (χ0) is 30.7. The topological polar surface area (TPSA) is 41.9 Å². The Bertz CT molecular complexity index is 393. The molecule has 7 heteroatoms. The van der Waals surface area contributed by atoms with E-state index in [4.69, 9.17) is 14.6 Å². The van der Waals surface area contributed by atoms with E-state index in [9.17, 15) is 0 Å². The molecule has 0 unspecified atom stereocenters. The standard InChI is InChI=1S/C20H38NO2.2C5H10.C3H7O.2C2H6.2Fe.W/c1-2-21(13-7-15-22-17-19-9-3-4-10-19)14-8-16-23-18-20-11-5-6-12-20;2*1-2-4-5-3-1;1-2-3-4;2*1-2;;;/h19-20H,1-18H2;2*1-5H2;4H,1-3H2;2*1-2H3;;;/q-1;;;-1;;;;;+2. The van der Waals surface area contributed by atoms with Crippen molar-refractivity contribution in [3.8, 4) is 0 Å². The van der Waals surface area contributed by atoms with Crippen molar-refractivity contribution in [3.63, 3.8) is 0 Å². The predicted octanol–water partition coefficient (Wildman–Crippen LogP) is 10.5. The second-order valence-electron chi connectivity index (χ2n) is 11.6. The summed E-state index contributed by atoms with van der Waals surface area (Å²) in [7, 11) is 0. The van der Waals surface area contributed by atoms with Crippen molar-refractivity contribution in [2.24, 2.45) is 11.8 Å². The van der Waals surface area contributed by atoms with Crippen LogP contribution in [-0.2, 0) is 64.7 Å². The molecular weight excluding hydrogens is 802 g/mol. The molecule has 0 amide bonds. The fourth-order valence-electron chi connectivity index (χ4n) is 5.74. The Morgan fingerprint density at radius 3 is 1.07 bits per heavy atom. The zero-order valence-corrected chi connectivity index (χ0v) is 35.0. The molecule has 4 saturated carbocycles. The molecule has 0 atom stereocenters. The van der Waals surface area contributed by atoms with Gasteiger partial charge in [-0.25, -0.2) is 0 Å². The first-order valence-corrected chi connectivity index (χ1v) is 18.4. The maximum Gasteiger partial charge on any atom is 2.00 e. The summed E-state index contributed by atoms with van der Waals surface area (Å²) in [4.78, 5) is 2.43. The van der Waals surface area contributed by atoms with Crippen LogP contribution < -0.4 is 0 Å². The molecule has 4 rings (SSSR count). The summed E-state index contributed by atoms with van der Waals surface area (Å²) in [6, 6.07) is 0. The summed E-state index contributed by atoms with van der Waals surface area (Å²) < 4.78 is 11.7. The average Bonchev–Trinajstić information content (AvgIpc) is 3.87. The normalized spacial score (nSPS) is 16.9. The van der Waals surface area contributed by atoms with Crippen LogP contribution in [0.25, 0.3) is 0 Å². The molecule has 0 aromatic rings. The van der Waals surface area contributed by atoms with Gasteiger partial charge in [-0.05, 0) is 63.5 Å². The number of aliphatic hydroxyl groups is 1. The van der Waals surface area contributed by atoms with Crippen molar-refractivity contribution in [2.45, 2.75) is 163 Å². The van der Waals surface area contributed by atoms with Gasteiger partial charge >= 0.3 is 21.1 Å². The van der Waals surface area contributed by atoms with Gasteiger partial charge in [0.1, 0.15) is 0 Å². The van der Waals surface area contributed by atoms with Gasteiger partial charge in [0.25, 0.3) is 0 Å². The Kier molecular flexibility index (Phi) is 61.2. The monoisotopic (exact) mass is 879 g/mol. The molecule has 1 N–H and O–H groups in total. The van der Waals surface area contributed by atoms with Crippen LogP contribution in [0.15, 0.2) is 0 Å². The van der Waals surface area contributed by atoms with E-state index in [1.165, 1.54) is 116 Å². The smallest absolute Gasteiger partial charge is 0.399 e. The Balaban J connectivity index is -0.000000198. The van der Waals surface area contributed by atoms with Crippen molar-refractivity contribution in [1.29, 1.82) is 0 Å². The van der Waals surface area contributed by atoms with Gasteiger partial charge in [-0.2, -0.15) is 6.42 Å². The number of ether oxygens (including phenoxy) is 2. The summed E-state index contributed by atoms with van der Waals surface area (Å²) in [5, 5.41) is 7.81. The summed E-state index contributed by atoms with van der Waals surface area (Å²) in [6.45, 7) is 22.5. The van der Waals surface area contributed by atoms with Crippen molar-refractivity contribution in [3.05, 3.63) is 13.8 Å². The number of aliphatic hydroxyl groups excluding tert-OH is 1. The predicted molar refractivity (Wildman–Crippen MR) is 183 cm³/mol. The summed E-state index contributed by atoms with van der Waals surface area (Å²) in [5.41, 5.74) is 0. The minimum atomic E-state index is 0. The van der Waals surface area contributed by atoms with Crippen LogP contribution in [0, 0.1) is 25.7 Å². The van der Waals surface area contributed by atoms with Gasteiger partial charge in [-0.3, -0.25) is 0 Å². The molecule has 0 saturated heterocycles. The number of hydrogen-bond donors (Lipinski definition) is 1. The van der Waals surface area contributed by atoms with E-state index >= 15 is 0 Å². The van der Waals surface area contributed by atoms with Crippen LogP contribution in [0.3, 0.4) is 0 Å². The van der Waals surface area contributed by atoms with Crippen molar-refractivity contribution in [2.75, 3.05) is 52.7 Å². The molecule has 0 spiro atoms. The van der Waals surface area contributed by atoms with Crippen LogP contribution >= 0.6 is 0 Å². The fraction of sp³-hybridized carbons (Fsp3) is 0.946. The molecule has 0 heterocycles. The molecule has 44 heavy (non-hydrogen) atoms. The van der Waals surface area contributed by atoms with E-state index < -0.39 is 0 Å². The third-order valence-electron chi connectivity index (χ3n) is 8.16. The summed E-state index contributed by atoms with van der Waals surface area (Å²) in [5.74, 6) is 1.69. The zero-order valence-electron chi connectivity index (χ0n) is 29.9. The van der Waals surface area contributed by atoms with Crippen LogP contribution in [0.5, 0.6) is 0 Å². The first-order chi connectivity index (χ1) is 20.3. The van der Waals surface area contributed by atoms with Crippen LogP contribution in [0.4, 0.5) is 0 Å².